The van der Waals surface area contributed by atoms with Crippen LogP contribution >= 0.6 is 11.8 Å². The minimum atomic E-state index is -1.25. The average Bonchev–Trinajstić information content (AvgIpc) is 2.78. The molecule has 1 aliphatic rings. The number of hydrogen-bond acceptors (Lipinski definition) is 4. The minimum absolute atomic E-state index is 0.140. The number of thioether (sulfide) groups is 1. The molecule has 0 saturated carbocycles. The van der Waals surface area contributed by atoms with Crippen LogP contribution in [0.4, 0.5) is 4.79 Å². The molecule has 0 radical (unpaired) electrons. The van der Waals surface area contributed by atoms with Crippen molar-refractivity contribution in [3.8, 4) is 0 Å². The van der Waals surface area contributed by atoms with Gasteiger partial charge in [-0.2, -0.15) is 0 Å². The van der Waals surface area contributed by atoms with Gasteiger partial charge in [0.1, 0.15) is 5.60 Å². The summed E-state index contributed by atoms with van der Waals surface area (Å²) in [7, 11) is 0. The van der Waals surface area contributed by atoms with Crippen LogP contribution in [0.5, 0.6) is 0 Å². The van der Waals surface area contributed by atoms with Crippen LogP contribution < -0.4 is 0 Å². The van der Waals surface area contributed by atoms with E-state index in [1.165, 1.54) is 4.90 Å². The molecule has 1 aromatic carbocycles. The first kappa shape index (κ1) is 22.6. The minimum Gasteiger partial charge on any atom is -0.465 e. The van der Waals surface area contributed by atoms with E-state index in [9.17, 15) is 15.0 Å². The number of piperidine rings is 1. The number of hydrogen-bond donors (Lipinski definition) is 2. The molecule has 2 atom stereocenters. The van der Waals surface area contributed by atoms with Crippen molar-refractivity contribution in [2.45, 2.75) is 44.1 Å². The highest BCUT2D eigenvalue weighted by Crippen LogP contribution is 2.50. The predicted octanol–water partition coefficient (Wildman–Crippen LogP) is 5.09. The lowest BCUT2D eigenvalue weighted by atomic mass is 9.59. The molecule has 6 heteroatoms. The van der Waals surface area contributed by atoms with Crippen LogP contribution in [0.2, 0.25) is 0 Å². The lowest BCUT2D eigenvalue weighted by molar-refractivity contribution is -0.0654. The number of rotatable bonds is 6. The summed E-state index contributed by atoms with van der Waals surface area (Å²) in [5, 5.41) is 21.6. The fourth-order valence-electron chi connectivity index (χ4n) is 4.77. The topological polar surface area (TPSA) is 73.7 Å². The number of nitrogens with zero attached hydrogens (tertiary/aromatic N) is 2. The van der Waals surface area contributed by atoms with Crippen LogP contribution in [0.3, 0.4) is 0 Å². The van der Waals surface area contributed by atoms with E-state index in [0.717, 1.165) is 23.3 Å². The van der Waals surface area contributed by atoms with Gasteiger partial charge in [-0.15, -0.1) is 11.8 Å². The molecule has 2 aromatic rings. The van der Waals surface area contributed by atoms with E-state index < -0.39 is 11.7 Å². The van der Waals surface area contributed by atoms with Crippen molar-refractivity contribution in [1.82, 2.24) is 9.88 Å². The van der Waals surface area contributed by atoms with E-state index in [4.69, 9.17) is 0 Å². The summed E-state index contributed by atoms with van der Waals surface area (Å²) in [4.78, 5) is 18.5. The second-order valence-corrected chi connectivity index (χ2v) is 9.68. The average molecular weight is 429 g/mol. The zero-order valence-corrected chi connectivity index (χ0v) is 19.0. The summed E-state index contributed by atoms with van der Waals surface area (Å²) < 4.78 is 0. The highest BCUT2D eigenvalue weighted by molar-refractivity contribution is 7.98. The Kier molecular flexibility index (Phi) is 6.78. The lowest BCUT2D eigenvalue weighted by Gasteiger charge is -2.49. The Balaban J connectivity index is 2.00. The van der Waals surface area contributed by atoms with Gasteiger partial charge >= 0.3 is 6.09 Å². The number of aromatic nitrogens is 1. The first-order chi connectivity index (χ1) is 14.2. The SMILES string of the molecule is CSc1cccc(C(O)(c2ccccn2)C(C)C(C)(C)C2CCN(C(=O)O)CC2)c1. The van der Waals surface area contributed by atoms with Crippen molar-refractivity contribution in [3.63, 3.8) is 0 Å². The van der Waals surface area contributed by atoms with Crippen LogP contribution in [0, 0.1) is 17.3 Å². The quantitative estimate of drug-likeness (QED) is 0.627. The molecule has 1 fully saturated rings. The third kappa shape index (κ3) is 4.21. The maximum atomic E-state index is 12.3. The number of benzene rings is 1. The standard InChI is InChI=1S/C24H32N2O3S/c1-17(23(2,3)18-11-14-26(15-12-18)22(27)28)24(29,21-10-5-6-13-25-21)19-8-7-9-20(16-19)30-4/h5-10,13,16-18,29H,11-12,14-15H2,1-4H3,(H,27,28). The van der Waals surface area contributed by atoms with Crippen LogP contribution in [-0.2, 0) is 5.60 Å². The summed E-state index contributed by atoms with van der Waals surface area (Å²) in [6, 6.07) is 13.7. The molecule has 162 valence electrons. The van der Waals surface area contributed by atoms with Crippen molar-refractivity contribution in [2.24, 2.45) is 17.3 Å². The van der Waals surface area contributed by atoms with Crippen LogP contribution in [0.15, 0.2) is 53.6 Å². The number of carbonyl (C=O) groups is 1. The lowest BCUT2D eigenvalue weighted by Crippen LogP contribution is -2.49. The van der Waals surface area contributed by atoms with Gasteiger partial charge in [0.15, 0.2) is 0 Å². The highest BCUT2D eigenvalue weighted by Gasteiger charge is 2.49. The molecule has 0 bridgehead atoms. The monoisotopic (exact) mass is 428 g/mol. The third-order valence-electron chi connectivity index (χ3n) is 7.13. The number of aliphatic hydroxyl groups is 1. The summed E-state index contributed by atoms with van der Waals surface area (Å²) in [5.41, 5.74) is 0.00975. The molecule has 1 amide bonds. The summed E-state index contributed by atoms with van der Waals surface area (Å²) in [5.74, 6) is 0.167. The third-order valence-corrected chi connectivity index (χ3v) is 7.85. The number of likely N-dealkylation sites (tertiary alicyclic amines) is 1. The molecular weight excluding hydrogens is 396 g/mol. The van der Waals surface area contributed by atoms with E-state index in [1.54, 1.807) is 18.0 Å². The molecule has 2 unspecified atom stereocenters. The van der Waals surface area contributed by atoms with E-state index in [0.29, 0.717) is 24.7 Å². The van der Waals surface area contributed by atoms with Gasteiger partial charge in [0.2, 0.25) is 0 Å². The zero-order chi connectivity index (χ0) is 21.9. The smallest absolute Gasteiger partial charge is 0.407 e. The molecular formula is C24H32N2O3S. The Morgan fingerprint density at radius 2 is 1.90 bits per heavy atom. The van der Waals surface area contributed by atoms with Crippen molar-refractivity contribution < 1.29 is 15.0 Å². The van der Waals surface area contributed by atoms with Crippen molar-refractivity contribution in [2.75, 3.05) is 19.3 Å². The van der Waals surface area contributed by atoms with Gasteiger partial charge in [-0.1, -0.05) is 39.0 Å². The second kappa shape index (κ2) is 8.98. The maximum Gasteiger partial charge on any atom is 0.407 e. The van der Waals surface area contributed by atoms with Gasteiger partial charge < -0.3 is 15.1 Å². The summed E-state index contributed by atoms with van der Waals surface area (Å²) >= 11 is 1.65. The highest BCUT2D eigenvalue weighted by atomic mass is 32.2. The Morgan fingerprint density at radius 3 is 2.47 bits per heavy atom. The molecule has 0 aliphatic carbocycles. The van der Waals surface area contributed by atoms with Crippen LogP contribution in [0.1, 0.15) is 44.9 Å². The van der Waals surface area contributed by atoms with Crippen molar-refractivity contribution in [1.29, 1.82) is 0 Å². The van der Waals surface area contributed by atoms with E-state index in [-0.39, 0.29) is 11.3 Å². The van der Waals surface area contributed by atoms with Crippen molar-refractivity contribution >= 4 is 17.9 Å². The second-order valence-electron chi connectivity index (χ2n) is 8.80. The summed E-state index contributed by atoms with van der Waals surface area (Å²) in [6.45, 7) is 7.58. The summed E-state index contributed by atoms with van der Waals surface area (Å²) in [6.07, 6.45) is 4.50. The number of amides is 1. The normalized spacial score (nSPS) is 18.6. The molecule has 5 nitrogen and oxygen atoms in total. The molecule has 0 spiro atoms. The van der Waals surface area contributed by atoms with Gasteiger partial charge in [0.05, 0.1) is 5.69 Å². The number of carboxylic acid groups (broad SMARTS) is 1. The van der Waals surface area contributed by atoms with Crippen LogP contribution in [0.25, 0.3) is 0 Å². The molecule has 30 heavy (non-hydrogen) atoms. The molecule has 2 N–H and O–H groups in total. The van der Waals surface area contributed by atoms with Gasteiger partial charge in [-0.3, -0.25) is 4.98 Å². The Hall–Kier alpha value is -2.05. The van der Waals surface area contributed by atoms with E-state index >= 15 is 0 Å². The van der Waals surface area contributed by atoms with Crippen molar-refractivity contribution in [3.05, 3.63) is 59.9 Å². The molecule has 3 rings (SSSR count). The molecule has 1 saturated heterocycles. The van der Waals surface area contributed by atoms with Crippen LogP contribution in [-0.4, -0.2) is 45.5 Å². The Bertz CT molecular complexity index is 866. The van der Waals surface area contributed by atoms with Gasteiger partial charge in [0.25, 0.3) is 0 Å². The Labute approximate surface area is 183 Å². The molecule has 2 heterocycles. The largest absolute Gasteiger partial charge is 0.465 e. The zero-order valence-electron chi connectivity index (χ0n) is 18.2. The molecule has 1 aromatic heterocycles. The predicted molar refractivity (Wildman–Crippen MR) is 121 cm³/mol. The van der Waals surface area contributed by atoms with E-state index in [1.807, 2.05) is 42.7 Å². The van der Waals surface area contributed by atoms with Gasteiger partial charge in [-0.05, 0) is 60.3 Å². The Morgan fingerprint density at radius 1 is 1.20 bits per heavy atom. The number of pyridine rings is 1. The van der Waals surface area contributed by atoms with E-state index in [2.05, 4.69) is 31.8 Å². The maximum absolute atomic E-state index is 12.3. The van der Waals surface area contributed by atoms with Gasteiger partial charge in [-0.25, -0.2) is 4.79 Å². The van der Waals surface area contributed by atoms with Gasteiger partial charge in [0, 0.05) is 30.1 Å². The molecule has 1 aliphatic heterocycles. The first-order valence-electron chi connectivity index (χ1n) is 10.5. The first-order valence-corrected chi connectivity index (χ1v) is 11.7. The fraction of sp³-hybridized carbons (Fsp3) is 0.500. The fourth-order valence-corrected chi connectivity index (χ4v) is 5.23.